The summed E-state index contributed by atoms with van der Waals surface area (Å²) < 4.78 is 70.8. The predicted molar refractivity (Wildman–Crippen MR) is 107 cm³/mol. The van der Waals surface area contributed by atoms with E-state index in [2.05, 4.69) is 10.0 Å². The molecule has 0 saturated carbocycles. The molecule has 2 N–H and O–H groups in total. The number of alkyl halides is 3. The lowest BCUT2D eigenvalue weighted by atomic mass is 10.0. The van der Waals surface area contributed by atoms with Gasteiger partial charge in [0.1, 0.15) is 5.76 Å². The number of amides is 1. The summed E-state index contributed by atoms with van der Waals surface area (Å²) in [5, 5.41) is 2.61. The Kier molecular flexibility index (Phi) is 6.51. The number of nitrogens with one attached hydrogen (secondary N) is 2. The van der Waals surface area contributed by atoms with E-state index < -0.39 is 33.7 Å². The number of benzene rings is 2. The highest BCUT2D eigenvalue weighted by atomic mass is 32.2. The second-order valence-corrected chi connectivity index (χ2v) is 8.51. The van der Waals surface area contributed by atoms with Crippen molar-refractivity contribution in [2.75, 3.05) is 0 Å². The summed E-state index contributed by atoms with van der Waals surface area (Å²) in [4.78, 5) is 12.4. The quantitative estimate of drug-likeness (QED) is 0.561. The maximum atomic E-state index is 12.9. The van der Waals surface area contributed by atoms with E-state index in [0.717, 1.165) is 12.1 Å². The number of sulfonamides is 1. The van der Waals surface area contributed by atoms with E-state index in [1.807, 2.05) is 0 Å². The van der Waals surface area contributed by atoms with E-state index in [4.69, 9.17) is 4.42 Å². The molecule has 0 saturated heterocycles. The van der Waals surface area contributed by atoms with Crippen molar-refractivity contribution in [3.05, 3.63) is 89.4 Å². The third kappa shape index (κ3) is 5.74. The summed E-state index contributed by atoms with van der Waals surface area (Å²) in [6.45, 7) is 1.54. The van der Waals surface area contributed by atoms with E-state index in [-0.39, 0.29) is 17.0 Å². The molecule has 3 aromatic rings. The van der Waals surface area contributed by atoms with Gasteiger partial charge < -0.3 is 9.73 Å². The Balaban J connectivity index is 1.66. The lowest BCUT2D eigenvalue weighted by Gasteiger charge is -2.16. The van der Waals surface area contributed by atoms with E-state index >= 15 is 0 Å². The number of rotatable bonds is 7. The highest BCUT2D eigenvalue weighted by Gasteiger charge is 2.30. The van der Waals surface area contributed by atoms with Gasteiger partial charge in [0.25, 0.3) is 5.91 Å². The molecule has 1 heterocycles. The molecule has 3 rings (SSSR count). The van der Waals surface area contributed by atoms with Gasteiger partial charge in [0.2, 0.25) is 10.0 Å². The second-order valence-electron chi connectivity index (χ2n) is 6.75. The lowest BCUT2D eigenvalue weighted by Crippen LogP contribution is -2.27. The Morgan fingerprint density at radius 2 is 1.77 bits per heavy atom. The van der Waals surface area contributed by atoms with Crippen LogP contribution in [0.5, 0.6) is 0 Å². The summed E-state index contributed by atoms with van der Waals surface area (Å²) in [7, 11) is -3.81. The molecule has 1 amide bonds. The number of carbonyl (C=O) groups excluding carboxylic acids is 1. The fourth-order valence-corrected chi connectivity index (χ4v) is 3.79. The monoisotopic (exact) mass is 452 g/mol. The number of furan rings is 1. The Morgan fingerprint density at radius 3 is 2.39 bits per heavy atom. The van der Waals surface area contributed by atoms with Crippen LogP contribution in [0.2, 0.25) is 0 Å². The third-order valence-electron chi connectivity index (χ3n) is 4.50. The van der Waals surface area contributed by atoms with Gasteiger partial charge in [-0.1, -0.05) is 12.1 Å². The largest absolute Gasteiger partial charge is 0.468 e. The van der Waals surface area contributed by atoms with Crippen molar-refractivity contribution in [3.63, 3.8) is 0 Å². The van der Waals surface area contributed by atoms with Gasteiger partial charge in [0, 0.05) is 5.56 Å². The van der Waals surface area contributed by atoms with E-state index in [1.165, 1.54) is 42.7 Å². The first-order chi connectivity index (χ1) is 14.6. The van der Waals surface area contributed by atoms with Crippen molar-refractivity contribution in [1.29, 1.82) is 0 Å². The molecule has 10 heteroatoms. The molecular weight excluding hydrogens is 433 g/mol. The molecule has 1 atom stereocenters. The maximum absolute atomic E-state index is 12.9. The van der Waals surface area contributed by atoms with Crippen LogP contribution in [0.1, 0.15) is 40.2 Å². The molecule has 0 bridgehead atoms. The van der Waals surface area contributed by atoms with E-state index in [9.17, 15) is 26.4 Å². The molecule has 0 aliphatic carbocycles. The topological polar surface area (TPSA) is 88.4 Å². The fraction of sp³-hybridized carbons (Fsp3) is 0.190. The van der Waals surface area contributed by atoms with E-state index in [1.54, 1.807) is 19.1 Å². The normalized spacial score (nSPS) is 13.0. The second kappa shape index (κ2) is 8.94. The van der Waals surface area contributed by atoms with Crippen molar-refractivity contribution in [2.45, 2.75) is 30.6 Å². The standard InChI is InChI=1S/C21H19F3N2O4S/c1-14(16-4-2-5-17(12-16)21(22,23)24)26-20(27)15-7-9-19(10-8-15)31(28,29)25-13-18-6-3-11-30-18/h2-12,14,25H,13H2,1H3,(H,26,27)/t14-/m0/s1. The average Bonchev–Trinajstić information content (AvgIpc) is 3.26. The van der Waals surface area contributed by atoms with Gasteiger partial charge in [-0.25, -0.2) is 13.1 Å². The summed E-state index contributed by atoms with van der Waals surface area (Å²) in [5.74, 6) is -0.0967. The van der Waals surface area contributed by atoms with Crippen LogP contribution in [0.3, 0.4) is 0 Å². The van der Waals surface area contributed by atoms with Gasteiger partial charge in [0.05, 0.1) is 29.3 Å². The molecule has 2 aromatic carbocycles. The van der Waals surface area contributed by atoms with Crippen molar-refractivity contribution >= 4 is 15.9 Å². The Hall–Kier alpha value is -3.11. The smallest absolute Gasteiger partial charge is 0.416 e. The SMILES string of the molecule is C[C@H](NC(=O)c1ccc(S(=O)(=O)NCc2ccco2)cc1)c1cccc(C(F)(F)F)c1. The molecular formula is C21H19F3N2O4S. The van der Waals surface area contributed by atoms with Crippen LogP contribution >= 0.6 is 0 Å². The number of hydrogen-bond donors (Lipinski definition) is 2. The predicted octanol–water partition coefficient (Wildman–Crippen LogP) is 4.27. The number of hydrogen-bond acceptors (Lipinski definition) is 4. The third-order valence-corrected chi connectivity index (χ3v) is 5.92. The van der Waals surface area contributed by atoms with Crippen molar-refractivity contribution in [3.8, 4) is 0 Å². The van der Waals surface area contributed by atoms with Gasteiger partial charge in [-0.05, 0) is 61.0 Å². The van der Waals surface area contributed by atoms with Crippen molar-refractivity contribution < 1.29 is 30.8 Å². The van der Waals surface area contributed by atoms with Crippen LogP contribution in [-0.4, -0.2) is 14.3 Å². The summed E-state index contributed by atoms with van der Waals surface area (Å²) in [6, 6.07) is 12.5. The minimum absolute atomic E-state index is 0.0218. The number of halogens is 3. The van der Waals surface area contributed by atoms with Gasteiger partial charge in [-0.15, -0.1) is 0 Å². The van der Waals surface area contributed by atoms with Crippen molar-refractivity contribution in [2.24, 2.45) is 0 Å². The van der Waals surface area contributed by atoms with Crippen LogP contribution in [-0.2, 0) is 22.7 Å². The fourth-order valence-electron chi connectivity index (χ4n) is 2.80. The first kappa shape index (κ1) is 22.6. The molecule has 1 aromatic heterocycles. The molecule has 0 radical (unpaired) electrons. The lowest BCUT2D eigenvalue weighted by molar-refractivity contribution is -0.137. The average molecular weight is 452 g/mol. The van der Waals surface area contributed by atoms with Gasteiger partial charge >= 0.3 is 6.18 Å². The molecule has 31 heavy (non-hydrogen) atoms. The van der Waals surface area contributed by atoms with Gasteiger partial charge in [0.15, 0.2) is 0 Å². The van der Waals surface area contributed by atoms with Crippen LogP contribution in [0.15, 0.2) is 76.2 Å². The minimum atomic E-state index is -4.48. The zero-order valence-corrected chi connectivity index (χ0v) is 17.1. The maximum Gasteiger partial charge on any atom is 0.416 e. The first-order valence-corrected chi connectivity index (χ1v) is 10.6. The van der Waals surface area contributed by atoms with Crippen molar-refractivity contribution in [1.82, 2.24) is 10.0 Å². The molecule has 0 fully saturated rings. The summed E-state index contributed by atoms with van der Waals surface area (Å²) >= 11 is 0. The Bertz CT molecular complexity index is 1140. The minimum Gasteiger partial charge on any atom is -0.468 e. The van der Waals surface area contributed by atoms with Crippen LogP contribution < -0.4 is 10.0 Å². The van der Waals surface area contributed by atoms with Gasteiger partial charge in [-0.2, -0.15) is 13.2 Å². The Labute approximate surface area is 177 Å². The van der Waals surface area contributed by atoms with E-state index in [0.29, 0.717) is 11.3 Å². The van der Waals surface area contributed by atoms with Gasteiger partial charge in [-0.3, -0.25) is 4.79 Å². The highest BCUT2D eigenvalue weighted by Crippen LogP contribution is 2.30. The molecule has 0 spiro atoms. The Morgan fingerprint density at radius 1 is 1.06 bits per heavy atom. The van der Waals surface area contributed by atoms with Crippen LogP contribution in [0.25, 0.3) is 0 Å². The van der Waals surface area contributed by atoms with Crippen LogP contribution in [0.4, 0.5) is 13.2 Å². The molecule has 0 aliphatic rings. The molecule has 6 nitrogen and oxygen atoms in total. The molecule has 164 valence electrons. The zero-order valence-electron chi connectivity index (χ0n) is 16.3. The first-order valence-electron chi connectivity index (χ1n) is 9.16. The molecule has 0 unspecified atom stereocenters. The van der Waals surface area contributed by atoms with Crippen LogP contribution in [0, 0.1) is 0 Å². The zero-order chi connectivity index (χ0) is 22.6. The number of carbonyl (C=O) groups is 1. The summed E-state index contributed by atoms with van der Waals surface area (Å²) in [6.07, 6.45) is -3.05. The highest BCUT2D eigenvalue weighted by molar-refractivity contribution is 7.89. The summed E-state index contributed by atoms with van der Waals surface area (Å²) in [5.41, 5.74) is -0.337. The molecule has 0 aliphatic heterocycles.